The molecule has 0 amide bonds. The summed E-state index contributed by atoms with van der Waals surface area (Å²) in [7, 11) is 0. The monoisotopic (exact) mass is 272 g/mol. The second-order valence-corrected chi connectivity index (χ2v) is 6.82. The SMILES string of the molecule is CC1CC(NC2c3ccccc3CC2O)CN1C1CC1. The van der Waals surface area contributed by atoms with Gasteiger partial charge in [-0.2, -0.15) is 0 Å². The van der Waals surface area contributed by atoms with Gasteiger partial charge in [-0.1, -0.05) is 24.3 Å². The smallest absolute Gasteiger partial charge is 0.0775 e. The summed E-state index contributed by atoms with van der Waals surface area (Å²) in [5, 5.41) is 14.1. The van der Waals surface area contributed by atoms with Crippen LogP contribution in [0, 0.1) is 0 Å². The normalized spacial score (nSPS) is 37.3. The molecule has 0 radical (unpaired) electrons. The predicted molar refractivity (Wildman–Crippen MR) is 79.6 cm³/mol. The van der Waals surface area contributed by atoms with Gasteiger partial charge in [0.2, 0.25) is 0 Å². The van der Waals surface area contributed by atoms with E-state index < -0.39 is 0 Å². The fourth-order valence-corrected chi connectivity index (χ4v) is 4.12. The highest BCUT2D eigenvalue weighted by atomic mass is 16.3. The molecule has 0 aromatic heterocycles. The Bertz CT molecular complexity index is 500. The quantitative estimate of drug-likeness (QED) is 0.881. The number of fused-ring (bicyclic) bond motifs is 1. The van der Waals surface area contributed by atoms with E-state index in [2.05, 4.69) is 41.4 Å². The van der Waals surface area contributed by atoms with E-state index in [1.54, 1.807) is 0 Å². The van der Waals surface area contributed by atoms with Crippen LogP contribution in [0.1, 0.15) is 43.4 Å². The lowest BCUT2D eigenvalue weighted by Gasteiger charge is -2.23. The molecule has 1 saturated heterocycles. The topological polar surface area (TPSA) is 35.5 Å². The molecular formula is C17H24N2O. The fraction of sp³-hybridized carbons (Fsp3) is 0.647. The van der Waals surface area contributed by atoms with E-state index in [9.17, 15) is 5.11 Å². The summed E-state index contributed by atoms with van der Waals surface area (Å²) in [6.07, 6.45) is 4.50. The minimum absolute atomic E-state index is 0.127. The maximum absolute atomic E-state index is 10.3. The molecule has 3 heteroatoms. The Morgan fingerprint density at radius 3 is 2.85 bits per heavy atom. The van der Waals surface area contributed by atoms with E-state index in [0.717, 1.165) is 19.0 Å². The number of aliphatic hydroxyl groups excluding tert-OH is 1. The second-order valence-electron chi connectivity index (χ2n) is 6.82. The van der Waals surface area contributed by atoms with Crippen molar-refractivity contribution in [2.45, 2.75) is 62.9 Å². The lowest BCUT2D eigenvalue weighted by atomic mass is 10.1. The van der Waals surface area contributed by atoms with Crippen LogP contribution >= 0.6 is 0 Å². The van der Waals surface area contributed by atoms with Crippen LogP contribution in [0.2, 0.25) is 0 Å². The van der Waals surface area contributed by atoms with Crippen molar-refractivity contribution in [1.82, 2.24) is 10.2 Å². The van der Waals surface area contributed by atoms with Crippen molar-refractivity contribution in [3.05, 3.63) is 35.4 Å². The minimum atomic E-state index is -0.266. The Kier molecular flexibility index (Phi) is 3.09. The van der Waals surface area contributed by atoms with Crippen LogP contribution in [-0.2, 0) is 6.42 Å². The van der Waals surface area contributed by atoms with Crippen LogP contribution in [0.4, 0.5) is 0 Å². The van der Waals surface area contributed by atoms with Crippen molar-refractivity contribution in [2.24, 2.45) is 0 Å². The summed E-state index contributed by atoms with van der Waals surface area (Å²) >= 11 is 0. The molecule has 1 saturated carbocycles. The number of likely N-dealkylation sites (tertiary alicyclic amines) is 1. The number of hydrogen-bond acceptors (Lipinski definition) is 3. The zero-order chi connectivity index (χ0) is 13.7. The zero-order valence-corrected chi connectivity index (χ0v) is 12.1. The van der Waals surface area contributed by atoms with Crippen LogP contribution < -0.4 is 5.32 Å². The third-order valence-corrected chi connectivity index (χ3v) is 5.26. The molecule has 1 heterocycles. The molecule has 1 aliphatic heterocycles. The van der Waals surface area contributed by atoms with Gasteiger partial charge in [0.25, 0.3) is 0 Å². The lowest BCUT2D eigenvalue weighted by Crippen LogP contribution is -2.39. The number of rotatable bonds is 3. The highest BCUT2D eigenvalue weighted by molar-refractivity contribution is 5.36. The molecule has 4 atom stereocenters. The van der Waals surface area contributed by atoms with Gasteiger partial charge in [0, 0.05) is 31.1 Å². The molecule has 0 spiro atoms. The molecule has 3 aliphatic rings. The van der Waals surface area contributed by atoms with Crippen LogP contribution in [0.15, 0.2) is 24.3 Å². The molecule has 20 heavy (non-hydrogen) atoms. The average Bonchev–Trinajstić information content (AvgIpc) is 3.14. The highest BCUT2D eigenvalue weighted by Gasteiger charge is 2.40. The van der Waals surface area contributed by atoms with Crippen molar-refractivity contribution in [2.75, 3.05) is 6.54 Å². The lowest BCUT2D eigenvalue weighted by molar-refractivity contribution is 0.134. The Labute approximate surface area is 121 Å². The van der Waals surface area contributed by atoms with Crippen molar-refractivity contribution in [3.63, 3.8) is 0 Å². The standard InChI is InChI=1S/C17H24N2O/c1-11-8-13(10-19(11)14-6-7-14)18-17-15-5-3-2-4-12(15)9-16(17)20/h2-5,11,13-14,16-18,20H,6-10H2,1H3. The van der Waals surface area contributed by atoms with Gasteiger partial charge >= 0.3 is 0 Å². The van der Waals surface area contributed by atoms with Crippen LogP contribution in [0.5, 0.6) is 0 Å². The Balaban J connectivity index is 1.47. The molecule has 3 nitrogen and oxygen atoms in total. The number of hydrogen-bond donors (Lipinski definition) is 2. The summed E-state index contributed by atoms with van der Waals surface area (Å²) in [5.74, 6) is 0. The zero-order valence-electron chi connectivity index (χ0n) is 12.1. The first-order chi connectivity index (χ1) is 9.72. The Hall–Kier alpha value is -0.900. The molecule has 1 aromatic carbocycles. The van der Waals surface area contributed by atoms with Gasteiger partial charge in [0.15, 0.2) is 0 Å². The maximum atomic E-state index is 10.3. The van der Waals surface area contributed by atoms with E-state index in [1.807, 2.05) is 0 Å². The van der Waals surface area contributed by atoms with E-state index in [-0.39, 0.29) is 12.1 Å². The van der Waals surface area contributed by atoms with Crippen molar-refractivity contribution < 1.29 is 5.11 Å². The van der Waals surface area contributed by atoms with Crippen LogP contribution in [-0.4, -0.2) is 40.8 Å². The Morgan fingerprint density at radius 2 is 2.05 bits per heavy atom. The molecule has 4 rings (SSSR count). The van der Waals surface area contributed by atoms with Gasteiger partial charge in [0.05, 0.1) is 12.1 Å². The van der Waals surface area contributed by atoms with Crippen LogP contribution in [0.25, 0.3) is 0 Å². The van der Waals surface area contributed by atoms with E-state index in [0.29, 0.717) is 12.1 Å². The molecule has 0 bridgehead atoms. The molecule has 4 unspecified atom stereocenters. The number of benzene rings is 1. The summed E-state index contributed by atoms with van der Waals surface area (Å²) in [5.41, 5.74) is 2.61. The average molecular weight is 272 g/mol. The fourth-order valence-electron chi connectivity index (χ4n) is 4.12. The van der Waals surface area contributed by atoms with Crippen molar-refractivity contribution >= 4 is 0 Å². The minimum Gasteiger partial charge on any atom is -0.391 e. The molecule has 1 aromatic rings. The van der Waals surface area contributed by atoms with Gasteiger partial charge in [0.1, 0.15) is 0 Å². The molecular weight excluding hydrogens is 248 g/mol. The first-order valence-corrected chi connectivity index (χ1v) is 8.00. The van der Waals surface area contributed by atoms with E-state index >= 15 is 0 Å². The summed E-state index contributed by atoms with van der Waals surface area (Å²) in [6, 6.07) is 10.7. The van der Waals surface area contributed by atoms with Gasteiger partial charge < -0.3 is 10.4 Å². The summed E-state index contributed by atoms with van der Waals surface area (Å²) in [4.78, 5) is 2.66. The second kappa shape index (κ2) is 4.83. The molecule has 2 N–H and O–H groups in total. The number of nitrogens with zero attached hydrogens (tertiary/aromatic N) is 1. The van der Waals surface area contributed by atoms with Gasteiger partial charge in [-0.05, 0) is 37.3 Å². The summed E-state index contributed by atoms with van der Waals surface area (Å²) < 4.78 is 0. The largest absolute Gasteiger partial charge is 0.391 e. The molecule has 2 fully saturated rings. The Morgan fingerprint density at radius 1 is 1.25 bits per heavy atom. The number of nitrogens with one attached hydrogen (secondary N) is 1. The molecule has 108 valence electrons. The molecule has 2 aliphatic carbocycles. The van der Waals surface area contributed by atoms with Gasteiger partial charge in [-0.25, -0.2) is 0 Å². The van der Waals surface area contributed by atoms with E-state index in [4.69, 9.17) is 0 Å². The summed E-state index contributed by atoms with van der Waals surface area (Å²) in [6.45, 7) is 3.50. The third kappa shape index (κ3) is 2.18. The highest BCUT2D eigenvalue weighted by Crippen LogP contribution is 2.36. The van der Waals surface area contributed by atoms with Gasteiger partial charge in [-0.15, -0.1) is 0 Å². The number of aliphatic hydroxyl groups is 1. The first-order valence-electron chi connectivity index (χ1n) is 8.00. The van der Waals surface area contributed by atoms with Gasteiger partial charge in [-0.3, -0.25) is 4.90 Å². The van der Waals surface area contributed by atoms with Crippen molar-refractivity contribution in [3.8, 4) is 0 Å². The van der Waals surface area contributed by atoms with Crippen molar-refractivity contribution in [1.29, 1.82) is 0 Å². The third-order valence-electron chi connectivity index (χ3n) is 5.26. The predicted octanol–water partition coefficient (Wildman–Crippen LogP) is 1.86. The maximum Gasteiger partial charge on any atom is 0.0775 e. The van der Waals surface area contributed by atoms with E-state index in [1.165, 1.54) is 30.4 Å². The first kappa shape index (κ1) is 12.8. The van der Waals surface area contributed by atoms with Crippen LogP contribution in [0.3, 0.4) is 0 Å².